The van der Waals surface area contributed by atoms with Crippen LogP contribution < -0.4 is 0 Å². The second-order valence-corrected chi connectivity index (χ2v) is 8.21. The van der Waals surface area contributed by atoms with E-state index < -0.39 is 5.54 Å². The Labute approximate surface area is 167 Å². The molecule has 3 aromatic heterocycles. The average Bonchev–Trinajstić information content (AvgIpc) is 3.48. The lowest BCUT2D eigenvalue weighted by atomic mass is 9.80. The first-order valence-electron chi connectivity index (χ1n) is 9.67. The van der Waals surface area contributed by atoms with E-state index in [2.05, 4.69) is 16.5 Å². The molecular formula is C20H22N4O3S. The molecule has 8 heteroatoms. The van der Waals surface area contributed by atoms with Crippen molar-refractivity contribution in [2.24, 2.45) is 0 Å². The second kappa shape index (κ2) is 6.86. The molecule has 0 saturated carbocycles. The largest absolute Gasteiger partial charge is 0.462 e. The van der Waals surface area contributed by atoms with Crippen LogP contribution in [0, 0.1) is 0 Å². The highest BCUT2D eigenvalue weighted by molar-refractivity contribution is 7.16. The molecule has 2 aliphatic heterocycles. The summed E-state index contributed by atoms with van der Waals surface area (Å²) in [6.45, 7) is 4.99. The highest BCUT2D eigenvalue weighted by Crippen LogP contribution is 2.43. The van der Waals surface area contributed by atoms with Crippen molar-refractivity contribution in [3.8, 4) is 10.8 Å². The van der Waals surface area contributed by atoms with Gasteiger partial charge >= 0.3 is 0 Å². The van der Waals surface area contributed by atoms with Crippen molar-refractivity contribution in [2.45, 2.75) is 38.3 Å². The minimum absolute atomic E-state index is 0.0221. The van der Waals surface area contributed by atoms with Crippen LogP contribution in [-0.2, 0) is 23.2 Å². The first kappa shape index (κ1) is 17.6. The molecule has 5 heterocycles. The first-order valence-corrected chi connectivity index (χ1v) is 10.5. The van der Waals surface area contributed by atoms with Crippen molar-refractivity contribution >= 4 is 17.2 Å². The standard InChI is InChI=1S/C20H22N4O3S/c1-2-23-13-22-17-14(23)5-8-24(20(17)6-10-26-11-7-20)19(25)16-12-21-18(28-16)15-4-3-9-27-15/h3-4,9,12-13H,2,5-8,10-11H2,1H3. The number of amides is 1. The number of carbonyl (C=O) groups excluding carboxylic acids is 1. The smallest absolute Gasteiger partial charge is 0.266 e. The van der Waals surface area contributed by atoms with E-state index in [4.69, 9.17) is 14.1 Å². The maximum atomic E-state index is 13.5. The predicted octanol–water partition coefficient (Wildman–Crippen LogP) is 3.32. The number of thiazole rings is 1. The Bertz CT molecular complexity index is 985. The lowest BCUT2D eigenvalue weighted by Gasteiger charge is -2.48. The van der Waals surface area contributed by atoms with Crippen molar-refractivity contribution in [1.82, 2.24) is 19.4 Å². The van der Waals surface area contributed by atoms with E-state index in [1.165, 1.54) is 17.0 Å². The predicted molar refractivity (Wildman–Crippen MR) is 104 cm³/mol. The van der Waals surface area contributed by atoms with E-state index in [-0.39, 0.29) is 5.91 Å². The van der Waals surface area contributed by atoms with Crippen LogP contribution in [0.4, 0.5) is 0 Å². The van der Waals surface area contributed by atoms with Gasteiger partial charge in [0, 0.05) is 38.4 Å². The normalized spacial score (nSPS) is 18.4. The number of carbonyl (C=O) groups is 1. The van der Waals surface area contributed by atoms with Gasteiger partial charge in [-0.1, -0.05) is 0 Å². The zero-order valence-electron chi connectivity index (χ0n) is 15.8. The summed E-state index contributed by atoms with van der Waals surface area (Å²) in [5.74, 6) is 0.710. The van der Waals surface area contributed by atoms with Gasteiger partial charge in [-0.3, -0.25) is 4.79 Å². The SMILES string of the molecule is CCn1cnc2c1CCN(C(=O)c1cnc(-c3ccco3)s1)C21CCOCC1. The molecule has 0 aliphatic carbocycles. The molecule has 0 N–H and O–H groups in total. The lowest BCUT2D eigenvalue weighted by molar-refractivity contribution is -0.0295. The van der Waals surface area contributed by atoms with Gasteiger partial charge in [-0.25, -0.2) is 9.97 Å². The number of aromatic nitrogens is 3. The summed E-state index contributed by atoms with van der Waals surface area (Å²) in [7, 11) is 0. The number of hydrogen-bond donors (Lipinski definition) is 0. The monoisotopic (exact) mass is 398 g/mol. The van der Waals surface area contributed by atoms with Gasteiger partial charge in [0.05, 0.1) is 30.0 Å². The van der Waals surface area contributed by atoms with Crippen molar-refractivity contribution in [3.05, 3.63) is 47.2 Å². The number of furan rings is 1. The molecule has 146 valence electrons. The molecule has 0 radical (unpaired) electrons. The third-order valence-electron chi connectivity index (χ3n) is 5.83. The molecule has 1 spiro atoms. The fourth-order valence-corrected chi connectivity index (χ4v) is 5.26. The number of fused-ring (bicyclic) bond motifs is 2. The van der Waals surface area contributed by atoms with E-state index in [1.54, 1.807) is 12.5 Å². The molecule has 0 bridgehead atoms. The van der Waals surface area contributed by atoms with E-state index >= 15 is 0 Å². The van der Waals surface area contributed by atoms with Crippen molar-refractivity contribution < 1.29 is 13.9 Å². The Morgan fingerprint density at radius 1 is 1.32 bits per heavy atom. The minimum Gasteiger partial charge on any atom is -0.462 e. The molecule has 5 rings (SSSR count). The van der Waals surface area contributed by atoms with Crippen LogP contribution in [0.25, 0.3) is 10.8 Å². The minimum atomic E-state index is -0.391. The summed E-state index contributed by atoms with van der Waals surface area (Å²) in [4.78, 5) is 25.4. The Hall–Kier alpha value is -2.45. The van der Waals surface area contributed by atoms with Gasteiger partial charge in [-0.2, -0.15) is 0 Å². The van der Waals surface area contributed by atoms with Crippen LogP contribution >= 0.6 is 11.3 Å². The summed E-state index contributed by atoms with van der Waals surface area (Å²) in [6.07, 6.45) is 7.56. The Morgan fingerprint density at radius 2 is 2.18 bits per heavy atom. The number of nitrogens with zero attached hydrogens (tertiary/aromatic N) is 4. The summed E-state index contributed by atoms with van der Waals surface area (Å²) in [5.41, 5.74) is 1.92. The topological polar surface area (TPSA) is 73.4 Å². The van der Waals surface area contributed by atoms with Crippen molar-refractivity contribution in [3.63, 3.8) is 0 Å². The summed E-state index contributed by atoms with van der Waals surface area (Å²) in [6, 6.07) is 3.68. The number of aryl methyl sites for hydroxylation is 1. The van der Waals surface area contributed by atoms with E-state index in [1.807, 2.05) is 23.4 Å². The average molecular weight is 398 g/mol. The van der Waals surface area contributed by atoms with Gasteiger partial charge in [-0.05, 0) is 31.9 Å². The van der Waals surface area contributed by atoms with Gasteiger partial charge in [0.1, 0.15) is 4.88 Å². The van der Waals surface area contributed by atoms with Crippen molar-refractivity contribution in [1.29, 1.82) is 0 Å². The van der Waals surface area contributed by atoms with Crippen molar-refractivity contribution in [2.75, 3.05) is 19.8 Å². The molecular weight excluding hydrogens is 376 g/mol. The molecule has 2 aliphatic rings. The molecule has 1 saturated heterocycles. The zero-order valence-corrected chi connectivity index (χ0v) is 16.6. The third-order valence-corrected chi connectivity index (χ3v) is 6.83. The van der Waals surface area contributed by atoms with Gasteiger partial charge in [0.15, 0.2) is 10.8 Å². The van der Waals surface area contributed by atoms with E-state index in [9.17, 15) is 4.79 Å². The van der Waals surface area contributed by atoms with Gasteiger partial charge in [-0.15, -0.1) is 11.3 Å². The number of ether oxygens (including phenoxy) is 1. The molecule has 28 heavy (non-hydrogen) atoms. The molecule has 0 atom stereocenters. The van der Waals surface area contributed by atoms with Gasteiger partial charge in [0.25, 0.3) is 5.91 Å². The Balaban J connectivity index is 1.52. The van der Waals surface area contributed by atoms with Crippen LogP contribution in [0.5, 0.6) is 0 Å². The Kier molecular flexibility index (Phi) is 4.32. The van der Waals surface area contributed by atoms with Gasteiger partial charge in [0.2, 0.25) is 0 Å². The number of hydrogen-bond acceptors (Lipinski definition) is 6. The summed E-state index contributed by atoms with van der Waals surface area (Å²) >= 11 is 1.38. The molecule has 7 nitrogen and oxygen atoms in total. The second-order valence-electron chi connectivity index (χ2n) is 7.18. The fourth-order valence-electron chi connectivity index (χ4n) is 4.42. The number of imidazole rings is 1. The van der Waals surface area contributed by atoms with Crippen LogP contribution in [-0.4, -0.2) is 45.1 Å². The maximum absolute atomic E-state index is 13.5. The highest BCUT2D eigenvalue weighted by Gasteiger charge is 2.48. The van der Waals surface area contributed by atoms with Crippen LogP contribution in [0.2, 0.25) is 0 Å². The van der Waals surface area contributed by atoms with Gasteiger partial charge < -0.3 is 18.6 Å². The maximum Gasteiger partial charge on any atom is 0.266 e. The summed E-state index contributed by atoms with van der Waals surface area (Å²) in [5, 5.41) is 0.724. The van der Waals surface area contributed by atoms with E-state index in [0.717, 1.165) is 36.5 Å². The fraction of sp³-hybridized carbons (Fsp3) is 0.450. The highest BCUT2D eigenvalue weighted by atomic mass is 32.1. The van der Waals surface area contributed by atoms with Crippen LogP contribution in [0.1, 0.15) is 40.8 Å². The molecule has 0 unspecified atom stereocenters. The van der Waals surface area contributed by atoms with Crippen LogP contribution in [0.15, 0.2) is 35.3 Å². The third kappa shape index (κ3) is 2.62. The quantitative estimate of drug-likeness (QED) is 0.677. The first-order chi connectivity index (χ1) is 13.7. The molecule has 1 fully saturated rings. The zero-order chi connectivity index (χ0) is 19.1. The van der Waals surface area contributed by atoms with E-state index in [0.29, 0.717) is 30.4 Å². The lowest BCUT2D eigenvalue weighted by Crippen LogP contribution is -2.56. The summed E-state index contributed by atoms with van der Waals surface area (Å²) < 4.78 is 13.3. The molecule has 0 aromatic carbocycles. The number of rotatable bonds is 3. The molecule has 1 amide bonds. The van der Waals surface area contributed by atoms with Crippen LogP contribution in [0.3, 0.4) is 0 Å². The molecule has 3 aromatic rings. The Morgan fingerprint density at radius 3 is 2.93 bits per heavy atom.